The highest BCUT2D eigenvalue weighted by molar-refractivity contribution is 6.01. The van der Waals surface area contributed by atoms with Gasteiger partial charge < -0.3 is 10.1 Å². The molecule has 0 unspecified atom stereocenters. The first-order valence-corrected chi connectivity index (χ1v) is 7.18. The Bertz CT molecular complexity index is 695. The van der Waals surface area contributed by atoms with Crippen molar-refractivity contribution in [1.82, 2.24) is 10.2 Å². The van der Waals surface area contributed by atoms with Crippen molar-refractivity contribution in [2.24, 2.45) is 5.92 Å². The summed E-state index contributed by atoms with van der Waals surface area (Å²) < 4.78 is 5.68. The van der Waals surface area contributed by atoms with Crippen molar-refractivity contribution in [2.45, 2.75) is 26.7 Å². The molecule has 0 atom stereocenters. The second-order valence-electron chi connectivity index (χ2n) is 5.64. The summed E-state index contributed by atoms with van der Waals surface area (Å²) in [6.45, 7) is 4.61. The molecule has 5 nitrogen and oxygen atoms in total. The SMILES string of the molecule is CC(C)=CCOc1ccc2[nH]nc(NC(=O)C3CC3)c2c1. The van der Waals surface area contributed by atoms with Crippen molar-refractivity contribution in [3.63, 3.8) is 0 Å². The zero-order valence-electron chi connectivity index (χ0n) is 12.3. The number of hydrogen-bond acceptors (Lipinski definition) is 3. The molecule has 2 aromatic rings. The van der Waals surface area contributed by atoms with E-state index < -0.39 is 0 Å². The zero-order chi connectivity index (χ0) is 14.8. The normalized spacial score (nSPS) is 14.0. The van der Waals surface area contributed by atoms with Crippen LogP contribution in [0.4, 0.5) is 5.82 Å². The van der Waals surface area contributed by atoms with Crippen LogP contribution < -0.4 is 10.1 Å². The second kappa shape index (κ2) is 5.60. The van der Waals surface area contributed by atoms with Crippen LogP contribution in [0.5, 0.6) is 5.75 Å². The largest absolute Gasteiger partial charge is 0.490 e. The number of H-pyrrole nitrogens is 1. The van der Waals surface area contributed by atoms with Crippen LogP contribution in [0, 0.1) is 5.92 Å². The molecule has 0 aliphatic heterocycles. The number of nitrogens with one attached hydrogen (secondary N) is 2. The summed E-state index contributed by atoms with van der Waals surface area (Å²) in [6, 6.07) is 5.71. The Hall–Kier alpha value is -2.30. The van der Waals surface area contributed by atoms with Crippen LogP contribution in [0.2, 0.25) is 0 Å². The Morgan fingerprint density at radius 1 is 1.48 bits per heavy atom. The van der Waals surface area contributed by atoms with E-state index in [1.807, 2.05) is 38.1 Å². The molecule has 1 fully saturated rings. The molecule has 1 aromatic carbocycles. The van der Waals surface area contributed by atoms with Crippen molar-refractivity contribution in [1.29, 1.82) is 0 Å². The average molecular weight is 285 g/mol. The first-order valence-electron chi connectivity index (χ1n) is 7.18. The summed E-state index contributed by atoms with van der Waals surface area (Å²) in [5.74, 6) is 1.56. The molecule has 1 amide bonds. The van der Waals surface area contributed by atoms with Crippen LogP contribution in [0.3, 0.4) is 0 Å². The second-order valence-corrected chi connectivity index (χ2v) is 5.64. The molecule has 0 spiro atoms. The maximum Gasteiger partial charge on any atom is 0.228 e. The minimum absolute atomic E-state index is 0.0549. The van der Waals surface area contributed by atoms with Gasteiger partial charge in [0, 0.05) is 11.3 Å². The maximum atomic E-state index is 11.8. The lowest BCUT2D eigenvalue weighted by atomic mass is 10.2. The fraction of sp³-hybridized carbons (Fsp3) is 0.375. The van der Waals surface area contributed by atoms with Crippen LogP contribution in [-0.2, 0) is 4.79 Å². The average Bonchev–Trinajstić information content (AvgIpc) is 3.23. The Morgan fingerprint density at radius 3 is 3.00 bits per heavy atom. The zero-order valence-corrected chi connectivity index (χ0v) is 12.3. The lowest BCUT2D eigenvalue weighted by molar-refractivity contribution is -0.117. The predicted molar refractivity (Wildman–Crippen MR) is 82.4 cm³/mol. The summed E-state index contributed by atoms with van der Waals surface area (Å²) >= 11 is 0. The molecular formula is C16H19N3O2. The van der Waals surface area contributed by atoms with Crippen molar-refractivity contribution in [2.75, 3.05) is 11.9 Å². The number of aromatic amines is 1. The number of anilines is 1. The van der Waals surface area contributed by atoms with Crippen molar-refractivity contribution < 1.29 is 9.53 Å². The molecule has 1 heterocycles. The molecule has 1 aliphatic carbocycles. The highest BCUT2D eigenvalue weighted by atomic mass is 16.5. The van der Waals surface area contributed by atoms with Gasteiger partial charge in [-0.15, -0.1) is 0 Å². The lowest BCUT2D eigenvalue weighted by Crippen LogP contribution is -2.13. The molecular weight excluding hydrogens is 266 g/mol. The number of fused-ring (bicyclic) bond motifs is 1. The molecule has 1 aromatic heterocycles. The number of aromatic nitrogens is 2. The first-order chi connectivity index (χ1) is 10.1. The summed E-state index contributed by atoms with van der Waals surface area (Å²) in [6.07, 6.45) is 3.98. The Morgan fingerprint density at radius 2 is 2.29 bits per heavy atom. The number of rotatable bonds is 5. The maximum absolute atomic E-state index is 11.8. The fourth-order valence-corrected chi connectivity index (χ4v) is 2.05. The first kappa shape index (κ1) is 13.7. The van der Waals surface area contributed by atoms with E-state index in [1.165, 1.54) is 5.57 Å². The van der Waals surface area contributed by atoms with E-state index in [2.05, 4.69) is 15.5 Å². The van der Waals surface area contributed by atoms with Crippen LogP contribution >= 0.6 is 0 Å². The van der Waals surface area contributed by atoms with Crippen LogP contribution in [0.25, 0.3) is 10.9 Å². The van der Waals surface area contributed by atoms with Gasteiger partial charge >= 0.3 is 0 Å². The van der Waals surface area contributed by atoms with Crippen LogP contribution in [-0.4, -0.2) is 22.7 Å². The van der Waals surface area contributed by atoms with Gasteiger partial charge in [0.1, 0.15) is 12.4 Å². The monoisotopic (exact) mass is 285 g/mol. The summed E-state index contributed by atoms with van der Waals surface area (Å²) in [5, 5.41) is 10.8. The molecule has 1 saturated carbocycles. The predicted octanol–water partition coefficient (Wildman–Crippen LogP) is 3.26. The minimum atomic E-state index is 0.0549. The minimum Gasteiger partial charge on any atom is -0.490 e. The third kappa shape index (κ3) is 3.24. The topological polar surface area (TPSA) is 67.0 Å². The standard InChI is InChI=1S/C16H19N3O2/c1-10(2)7-8-21-12-5-6-14-13(9-12)15(19-18-14)17-16(20)11-3-4-11/h5-7,9,11H,3-4,8H2,1-2H3,(H2,17,18,19,20). The number of benzene rings is 1. The van der Waals surface area contributed by atoms with E-state index in [0.717, 1.165) is 29.5 Å². The smallest absolute Gasteiger partial charge is 0.228 e. The van der Waals surface area contributed by atoms with E-state index in [0.29, 0.717) is 12.4 Å². The molecule has 2 N–H and O–H groups in total. The lowest BCUT2D eigenvalue weighted by Gasteiger charge is -2.05. The number of hydrogen-bond donors (Lipinski definition) is 2. The number of carbonyl (C=O) groups is 1. The number of allylic oxidation sites excluding steroid dienone is 1. The fourth-order valence-electron chi connectivity index (χ4n) is 2.05. The number of ether oxygens (including phenoxy) is 1. The quantitative estimate of drug-likeness (QED) is 0.829. The molecule has 21 heavy (non-hydrogen) atoms. The van der Waals surface area contributed by atoms with Gasteiger partial charge in [0.2, 0.25) is 5.91 Å². The van der Waals surface area contributed by atoms with Gasteiger partial charge in [-0.1, -0.05) is 5.57 Å². The summed E-state index contributed by atoms with van der Waals surface area (Å²) in [7, 11) is 0. The van der Waals surface area contributed by atoms with Gasteiger partial charge in [0.25, 0.3) is 0 Å². The van der Waals surface area contributed by atoms with Gasteiger partial charge in [-0.3, -0.25) is 9.89 Å². The van der Waals surface area contributed by atoms with E-state index >= 15 is 0 Å². The Kier molecular flexibility index (Phi) is 3.64. The Balaban J connectivity index is 1.78. The third-order valence-corrected chi connectivity index (χ3v) is 3.47. The summed E-state index contributed by atoms with van der Waals surface area (Å²) in [5.41, 5.74) is 2.10. The van der Waals surface area contributed by atoms with Crippen molar-refractivity contribution >= 4 is 22.6 Å². The van der Waals surface area contributed by atoms with Crippen molar-refractivity contribution in [3.8, 4) is 5.75 Å². The highest BCUT2D eigenvalue weighted by Crippen LogP contribution is 2.31. The van der Waals surface area contributed by atoms with E-state index in [-0.39, 0.29) is 11.8 Å². The highest BCUT2D eigenvalue weighted by Gasteiger charge is 2.30. The number of nitrogens with zero attached hydrogens (tertiary/aromatic N) is 1. The van der Waals surface area contributed by atoms with Gasteiger partial charge in [0.05, 0.1) is 5.52 Å². The summed E-state index contributed by atoms with van der Waals surface area (Å²) in [4.78, 5) is 11.8. The molecule has 5 heteroatoms. The van der Waals surface area contributed by atoms with Crippen molar-refractivity contribution in [3.05, 3.63) is 29.8 Å². The third-order valence-electron chi connectivity index (χ3n) is 3.47. The number of carbonyl (C=O) groups excluding carboxylic acids is 1. The van der Waals surface area contributed by atoms with E-state index in [9.17, 15) is 4.79 Å². The molecule has 0 bridgehead atoms. The Labute approximate surface area is 123 Å². The van der Waals surface area contributed by atoms with Gasteiger partial charge in [-0.25, -0.2) is 0 Å². The van der Waals surface area contributed by atoms with Gasteiger partial charge in [-0.05, 0) is 51.0 Å². The number of amides is 1. The molecule has 0 radical (unpaired) electrons. The van der Waals surface area contributed by atoms with Crippen LogP contribution in [0.1, 0.15) is 26.7 Å². The van der Waals surface area contributed by atoms with Gasteiger partial charge in [0.15, 0.2) is 5.82 Å². The van der Waals surface area contributed by atoms with E-state index in [4.69, 9.17) is 4.74 Å². The van der Waals surface area contributed by atoms with Crippen LogP contribution in [0.15, 0.2) is 29.8 Å². The van der Waals surface area contributed by atoms with E-state index in [1.54, 1.807) is 0 Å². The molecule has 1 aliphatic rings. The molecule has 110 valence electrons. The molecule has 3 rings (SSSR count). The van der Waals surface area contributed by atoms with Gasteiger partial charge in [-0.2, -0.15) is 5.10 Å². The molecule has 0 saturated heterocycles.